The second-order valence-electron chi connectivity index (χ2n) is 7.26. The summed E-state index contributed by atoms with van der Waals surface area (Å²) in [6, 6.07) is 10.9. The second-order valence-corrected chi connectivity index (χ2v) is 9.25. The zero-order valence-corrected chi connectivity index (χ0v) is 16.1. The van der Waals surface area contributed by atoms with Crippen LogP contribution in [-0.4, -0.2) is 57.4 Å². The third kappa shape index (κ3) is 3.92. The van der Waals surface area contributed by atoms with Crippen LogP contribution < -0.4 is 5.32 Å². The molecule has 2 aliphatic heterocycles. The molecular weight excluding hydrogens is 336 g/mol. The Morgan fingerprint density at radius 2 is 1.96 bits per heavy atom. The fourth-order valence-electron chi connectivity index (χ4n) is 4.53. The lowest BCUT2D eigenvalue weighted by Gasteiger charge is -2.48. The van der Waals surface area contributed by atoms with Crippen LogP contribution in [0.2, 0.25) is 0 Å². The first kappa shape index (κ1) is 18.8. The summed E-state index contributed by atoms with van der Waals surface area (Å²) in [4.78, 5) is 0. The molecule has 0 amide bonds. The molecule has 140 valence electrons. The number of piperidine rings is 1. The smallest absolute Gasteiger partial charge is 0.211 e. The molecule has 2 unspecified atom stereocenters. The molecule has 6 heteroatoms. The van der Waals surface area contributed by atoms with E-state index in [-0.39, 0.29) is 11.5 Å². The quantitative estimate of drug-likeness (QED) is 0.838. The maximum absolute atomic E-state index is 12.0. The van der Waals surface area contributed by atoms with Crippen molar-refractivity contribution in [2.45, 2.75) is 50.2 Å². The van der Waals surface area contributed by atoms with Crippen molar-refractivity contribution in [3.8, 4) is 0 Å². The Hall–Kier alpha value is -0.950. The van der Waals surface area contributed by atoms with Crippen molar-refractivity contribution in [2.24, 2.45) is 0 Å². The molecule has 2 saturated heterocycles. The molecule has 0 aliphatic carbocycles. The number of benzene rings is 1. The van der Waals surface area contributed by atoms with Gasteiger partial charge in [-0.3, -0.25) is 0 Å². The van der Waals surface area contributed by atoms with E-state index in [1.807, 2.05) is 13.0 Å². The lowest BCUT2D eigenvalue weighted by atomic mass is 9.67. The first-order chi connectivity index (χ1) is 12.0. The van der Waals surface area contributed by atoms with E-state index in [4.69, 9.17) is 4.74 Å². The molecule has 1 N–H and O–H groups in total. The molecule has 3 rings (SSSR count). The molecule has 0 saturated carbocycles. The van der Waals surface area contributed by atoms with Crippen LogP contribution in [0.3, 0.4) is 0 Å². The number of sulfonamides is 1. The van der Waals surface area contributed by atoms with Gasteiger partial charge in [-0.1, -0.05) is 30.3 Å². The third-order valence-corrected chi connectivity index (χ3v) is 7.09. The Bertz CT molecular complexity index is 649. The van der Waals surface area contributed by atoms with Crippen LogP contribution in [0.1, 0.15) is 38.2 Å². The third-order valence-electron chi connectivity index (χ3n) is 5.79. The molecule has 2 heterocycles. The molecular formula is C19H30N2O3S. The highest BCUT2D eigenvalue weighted by atomic mass is 32.2. The van der Waals surface area contributed by atoms with Crippen molar-refractivity contribution >= 4 is 10.0 Å². The van der Waals surface area contributed by atoms with Gasteiger partial charge in [-0.15, -0.1) is 0 Å². The minimum Gasteiger partial charge on any atom is -0.376 e. The van der Waals surface area contributed by atoms with Crippen molar-refractivity contribution in [2.75, 3.05) is 32.5 Å². The predicted octanol–water partition coefficient (Wildman–Crippen LogP) is 2.14. The van der Waals surface area contributed by atoms with E-state index >= 15 is 0 Å². The van der Waals surface area contributed by atoms with Crippen LogP contribution in [0.4, 0.5) is 0 Å². The van der Waals surface area contributed by atoms with Gasteiger partial charge in [-0.2, -0.15) is 0 Å². The van der Waals surface area contributed by atoms with Crippen molar-refractivity contribution < 1.29 is 13.2 Å². The molecule has 1 aromatic carbocycles. The van der Waals surface area contributed by atoms with Crippen LogP contribution in [0, 0.1) is 0 Å². The standard InChI is InChI=1S/C19H30N2O3S/c1-3-24-18(17-10-7-13-20-17)19(16-8-5-4-6-9-16)11-14-21(15-12-19)25(2,22)23/h4-6,8-9,17-18,20H,3,7,10-15H2,1-2H3. The lowest BCUT2D eigenvalue weighted by Crippen LogP contribution is -2.56. The number of hydrogen-bond acceptors (Lipinski definition) is 4. The Morgan fingerprint density at radius 1 is 1.28 bits per heavy atom. The van der Waals surface area contributed by atoms with E-state index < -0.39 is 10.0 Å². The highest BCUT2D eigenvalue weighted by molar-refractivity contribution is 7.88. The summed E-state index contributed by atoms with van der Waals surface area (Å²) >= 11 is 0. The van der Waals surface area contributed by atoms with E-state index in [1.165, 1.54) is 18.2 Å². The Labute approximate surface area is 151 Å². The lowest BCUT2D eigenvalue weighted by molar-refractivity contribution is -0.0363. The summed E-state index contributed by atoms with van der Waals surface area (Å²) in [5, 5.41) is 3.62. The molecule has 2 fully saturated rings. The van der Waals surface area contributed by atoms with Gasteiger partial charge in [-0.05, 0) is 44.7 Å². The zero-order chi connectivity index (χ0) is 17.9. The fraction of sp³-hybridized carbons (Fsp3) is 0.684. The molecule has 0 bridgehead atoms. The average molecular weight is 367 g/mol. The van der Waals surface area contributed by atoms with Crippen LogP contribution in [0.15, 0.2) is 30.3 Å². The number of nitrogens with one attached hydrogen (secondary N) is 1. The van der Waals surface area contributed by atoms with Gasteiger partial charge in [0, 0.05) is 31.2 Å². The van der Waals surface area contributed by atoms with Gasteiger partial charge < -0.3 is 10.1 Å². The maximum atomic E-state index is 12.0. The zero-order valence-electron chi connectivity index (χ0n) is 15.3. The van der Waals surface area contributed by atoms with E-state index in [0.29, 0.717) is 25.7 Å². The van der Waals surface area contributed by atoms with Gasteiger partial charge in [0.15, 0.2) is 0 Å². The van der Waals surface area contributed by atoms with E-state index in [9.17, 15) is 8.42 Å². The Balaban J connectivity index is 1.95. The first-order valence-electron chi connectivity index (χ1n) is 9.33. The summed E-state index contributed by atoms with van der Waals surface area (Å²) in [6.45, 7) is 4.88. The normalized spacial score (nSPS) is 25.8. The molecule has 0 radical (unpaired) electrons. The molecule has 0 aromatic heterocycles. The van der Waals surface area contributed by atoms with Crippen molar-refractivity contribution in [3.05, 3.63) is 35.9 Å². The van der Waals surface area contributed by atoms with E-state index in [2.05, 4.69) is 29.6 Å². The number of nitrogens with zero attached hydrogens (tertiary/aromatic N) is 1. The highest BCUT2D eigenvalue weighted by Gasteiger charge is 2.48. The summed E-state index contributed by atoms with van der Waals surface area (Å²) in [5.41, 5.74) is 1.14. The van der Waals surface area contributed by atoms with Gasteiger partial charge >= 0.3 is 0 Å². The van der Waals surface area contributed by atoms with Gasteiger partial charge in [0.05, 0.1) is 12.4 Å². The predicted molar refractivity (Wildman–Crippen MR) is 100 cm³/mol. The summed E-state index contributed by atoms with van der Waals surface area (Å²) in [5.74, 6) is 0. The second kappa shape index (κ2) is 7.74. The number of rotatable bonds is 6. The largest absolute Gasteiger partial charge is 0.376 e. The molecule has 2 aliphatic rings. The highest BCUT2D eigenvalue weighted by Crippen LogP contribution is 2.43. The van der Waals surface area contributed by atoms with E-state index in [0.717, 1.165) is 25.8 Å². The molecule has 0 spiro atoms. The SMILES string of the molecule is CCOC(C1CCCN1)C1(c2ccccc2)CCN(S(C)(=O)=O)CC1. The van der Waals surface area contributed by atoms with Gasteiger partial charge in [0.25, 0.3) is 0 Å². The molecule has 2 atom stereocenters. The van der Waals surface area contributed by atoms with Crippen LogP contribution in [-0.2, 0) is 20.2 Å². The topological polar surface area (TPSA) is 58.6 Å². The summed E-state index contributed by atoms with van der Waals surface area (Å²) in [6.07, 6.45) is 5.27. The Morgan fingerprint density at radius 3 is 2.48 bits per heavy atom. The minimum absolute atomic E-state index is 0.0733. The number of ether oxygens (including phenoxy) is 1. The summed E-state index contributed by atoms with van der Waals surface area (Å²) in [7, 11) is -3.14. The first-order valence-corrected chi connectivity index (χ1v) is 11.2. The number of hydrogen-bond donors (Lipinski definition) is 1. The van der Waals surface area contributed by atoms with Gasteiger partial charge in [0.2, 0.25) is 10.0 Å². The van der Waals surface area contributed by atoms with Crippen LogP contribution in [0.25, 0.3) is 0 Å². The Kier molecular flexibility index (Phi) is 5.83. The van der Waals surface area contributed by atoms with Gasteiger partial charge in [-0.25, -0.2) is 12.7 Å². The molecule has 5 nitrogen and oxygen atoms in total. The summed E-state index contributed by atoms with van der Waals surface area (Å²) < 4.78 is 31.9. The van der Waals surface area contributed by atoms with Gasteiger partial charge in [0.1, 0.15) is 0 Å². The fourth-order valence-corrected chi connectivity index (χ4v) is 5.38. The average Bonchev–Trinajstić information content (AvgIpc) is 3.14. The molecule has 1 aromatic rings. The minimum atomic E-state index is -3.14. The van der Waals surface area contributed by atoms with Crippen LogP contribution >= 0.6 is 0 Å². The van der Waals surface area contributed by atoms with Crippen molar-refractivity contribution in [1.82, 2.24) is 9.62 Å². The van der Waals surface area contributed by atoms with Crippen molar-refractivity contribution in [1.29, 1.82) is 0 Å². The van der Waals surface area contributed by atoms with Crippen LogP contribution in [0.5, 0.6) is 0 Å². The monoisotopic (exact) mass is 366 g/mol. The maximum Gasteiger partial charge on any atom is 0.211 e. The van der Waals surface area contributed by atoms with Crippen molar-refractivity contribution in [3.63, 3.8) is 0 Å². The molecule has 25 heavy (non-hydrogen) atoms. The van der Waals surface area contributed by atoms with E-state index in [1.54, 1.807) is 4.31 Å².